The number of fused-ring (bicyclic) bond motifs is 1. The number of esters is 1. The number of rotatable bonds is 8. The van der Waals surface area contributed by atoms with Gasteiger partial charge >= 0.3 is 5.97 Å². The summed E-state index contributed by atoms with van der Waals surface area (Å²) in [6.45, 7) is 6.28. The summed E-state index contributed by atoms with van der Waals surface area (Å²) in [6.07, 6.45) is 1.39. The number of anilines is 1. The van der Waals surface area contributed by atoms with E-state index in [9.17, 15) is 14.4 Å². The van der Waals surface area contributed by atoms with E-state index in [0.29, 0.717) is 28.1 Å². The third kappa shape index (κ3) is 5.25. The van der Waals surface area contributed by atoms with E-state index in [4.69, 9.17) is 9.47 Å². The van der Waals surface area contributed by atoms with Crippen molar-refractivity contribution in [2.45, 2.75) is 27.3 Å². The molecule has 2 aromatic heterocycles. The molecule has 0 bridgehead atoms. The fourth-order valence-electron chi connectivity index (χ4n) is 3.74. The molecule has 0 atom stereocenters. The van der Waals surface area contributed by atoms with E-state index in [1.54, 1.807) is 31.2 Å². The summed E-state index contributed by atoms with van der Waals surface area (Å²) in [5.74, 6) is -0.0478. The Morgan fingerprint density at radius 2 is 1.74 bits per heavy atom. The zero-order valence-corrected chi connectivity index (χ0v) is 20.5. The number of ether oxygens (including phenoxy) is 2. The Kier molecular flexibility index (Phi) is 7.26. The van der Waals surface area contributed by atoms with Crippen LogP contribution in [0.1, 0.15) is 29.1 Å². The van der Waals surface area contributed by atoms with Crippen molar-refractivity contribution < 1.29 is 19.1 Å². The normalized spacial score (nSPS) is 10.8. The van der Waals surface area contributed by atoms with Gasteiger partial charge in [0.15, 0.2) is 0 Å². The molecule has 0 fully saturated rings. The largest absolute Gasteiger partial charge is 0.494 e. The van der Waals surface area contributed by atoms with Crippen LogP contribution in [0.15, 0.2) is 59.7 Å². The van der Waals surface area contributed by atoms with Gasteiger partial charge in [-0.2, -0.15) is 0 Å². The highest BCUT2D eigenvalue weighted by molar-refractivity contribution is 7.19. The number of aryl methyl sites for hydroxylation is 1. The van der Waals surface area contributed by atoms with Crippen molar-refractivity contribution in [1.82, 2.24) is 9.55 Å². The summed E-state index contributed by atoms with van der Waals surface area (Å²) >= 11 is 1.45. The monoisotopic (exact) mass is 491 g/mol. The highest BCUT2D eigenvalue weighted by atomic mass is 32.1. The van der Waals surface area contributed by atoms with Crippen LogP contribution in [-0.2, 0) is 16.1 Å². The first kappa shape index (κ1) is 24.2. The summed E-state index contributed by atoms with van der Waals surface area (Å²) < 4.78 is 11.8. The molecule has 1 N–H and O–H groups in total. The van der Waals surface area contributed by atoms with Crippen LogP contribution in [0, 0.1) is 6.92 Å². The Bertz CT molecular complexity index is 1420. The van der Waals surface area contributed by atoms with Crippen molar-refractivity contribution in [2.24, 2.45) is 0 Å². The number of benzene rings is 2. The maximum absolute atomic E-state index is 13.3. The highest BCUT2D eigenvalue weighted by Crippen LogP contribution is 2.36. The summed E-state index contributed by atoms with van der Waals surface area (Å²) in [4.78, 5) is 43.8. The van der Waals surface area contributed by atoms with Crippen molar-refractivity contribution in [3.05, 3.63) is 75.7 Å². The average Bonchev–Trinajstić information content (AvgIpc) is 3.19. The van der Waals surface area contributed by atoms with Crippen LogP contribution in [0.4, 0.5) is 5.69 Å². The van der Waals surface area contributed by atoms with Gasteiger partial charge in [-0.05, 0) is 62.7 Å². The minimum Gasteiger partial charge on any atom is -0.494 e. The van der Waals surface area contributed by atoms with E-state index >= 15 is 0 Å². The summed E-state index contributed by atoms with van der Waals surface area (Å²) in [7, 11) is 0. The number of amides is 1. The quantitative estimate of drug-likeness (QED) is 0.360. The smallest absolute Gasteiger partial charge is 0.338 e. The Morgan fingerprint density at radius 1 is 1.03 bits per heavy atom. The Morgan fingerprint density at radius 3 is 2.40 bits per heavy atom. The molecule has 0 saturated heterocycles. The van der Waals surface area contributed by atoms with E-state index in [1.165, 1.54) is 22.2 Å². The lowest BCUT2D eigenvalue weighted by atomic mass is 10.0. The summed E-state index contributed by atoms with van der Waals surface area (Å²) in [5, 5.41) is 3.24. The standard InChI is InChI=1S/C26H25N3O5S/c1-4-33-20-12-8-17(9-13-20)22-16(3)35-24-23(22)25(31)29(15-27-24)14-21(30)28-19-10-6-18(7-11-19)26(32)34-5-2/h6-13,15H,4-5,14H2,1-3H3,(H,28,30). The fraction of sp³-hybridized carbons (Fsp3) is 0.231. The van der Waals surface area contributed by atoms with Crippen molar-refractivity contribution in [3.63, 3.8) is 0 Å². The molecule has 2 aromatic carbocycles. The molecule has 0 aliphatic heterocycles. The second-order valence-electron chi connectivity index (χ2n) is 7.69. The molecule has 9 heteroatoms. The molecule has 8 nitrogen and oxygen atoms in total. The highest BCUT2D eigenvalue weighted by Gasteiger charge is 2.18. The molecular formula is C26H25N3O5S. The van der Waals surface area contributed by atoms with Gasteiger partial charge < -0.3 is 14.8 Å². The first-order valence-electron chi connectivity index (χ1n) is 11.2. The molecule has 0 unspecified atom stereocenters. The lowest BCUT2D eigenvalue weighted by Crippen LogP contribution is -2.27. The predicted molar refractivity (Wildman–Crippen MR) is 136 cm³/mol. The van der Waals surface area contributed by atoms with Crippen molar-refractivity contribution in [1.29, 1.82) is 0 Å². The molecule has 1 amide bonds. The third-order valence-corrected chi connectivity index (χ3v) is 6.32. The number of thiophene rings is 1. The molecule has 2 heterocycles. The number of hydrogen-bond donors (Lipinski definition) is 1. The SMILES string of the molecule is CCOC(=O)c1ccc(NC(=O)Cn2cnc3sc(C)c(-c4ccc(OCC)cc4)c3c2=O)cc1. The zero-order valence-electron chi connectivity index (χ0n) is 19.7. The summed E-state index contributed by atoms with van der Waals surface area (Å²) in [5.41, 5.74) is 2.32. The molecule has 0 aliphatic rings. The first-order valence-corrected chi connectivity index (χ1v) is 12.0. The second kappa shape index (κ2) is 10.5. The molecule has 4 aromatic rings. The van der Waals surface area contributed by atoms with Gasteiger partial charge in [0.25, 0.3) is 5.56 Å². The predicted octanol–water partition coefficient (Wildman–Crippen LogP) is 4.65. The second-order valence-corrected chi connectivity index (χ2v) is 8.90. The molecule has 0 spiro atoms. The third-order valence-electron chi connectivity index (χ3n) is 5.30. The number of carbonyl (C=O) groups is 2. The van der Waals surface area contributed by atoms with E-state index in [-0.39, 0.29) is 24.6 Å². The number of hydrogen-bond acceptors (Lipinski definition) is 7. The van der Waals surface area contributed by atoms with Crippen molar-refractivity contribution in [3.8, 4) is 16.9 Å². The van der Waals surface area contributed by atoms with E-state index in [1.807, 2.05) is 38.1 Å². The Labute approximate surface area is 206 Å². The number of nitrogens with zero attached hydrogens (tertiary/aromatic N) is 2. The van der Waals surface area contributed by atoms with E-state index < -0.39 is 5.97 Å². The molecule has 35 heavy (non-hydrogen) atoms. The number of nitrogens with one attached hydrogen (secondary N) is 1. The molecule has 0 aliphatic carbocycles. The van der Waals surface area contributed by atoms with Gasteiger partial charge in [0.05, 0.1) is 30.5 Å². The van der Waals surface area contributed by atoms with Crippen LogP contribution < -0.4 is 15.6 Å². The van der Waals surface area contributed by atoms with Crippen molar-refractivity contribution >= 4 is 39.1 Å². The molecular weight excluding hydrogens is 466 g/mol. The number of aromatic nitrogens is 2. The number of carbonyl (C=O) groups excluding carboxylic acids is 2. The lowest BCUT2D eigenvalue weighted by Gasteiger charge is -2.09. The maximum atomic E-state index is 13.3. The van der Waals surface area contributed by atoms with Gasteiger partial charge in [-0.1, -0.05) is 12.1 Å². The first-order chi connectivity index (χ1) is 16.9. The molecule has 180 valence electrons. The minimum atomic E-state index is -0.425. The topological polar surface area (TPSA) is 99.5 Å². The van der Waals surface area contributed by atoms with Crippen LogP contribution in [0.5, 0.6) is 5.75 Å². The fourth-order valence-corrected chi connectivity index (χ4v) is 4.74. The molecule has 0 saturated carbocycles. The van der Waals surface area contributed by atoms with E-state index in [0.717, 1.165) is 21.8 Å². The van der Waals surface area contributed by atoms with Gasteiger partial charge in [0.1, 0.15) is 17.1 Å². The Balaban J connectivity index is 1.57. The minimum absolute atomic E-state index is 0.195. The summed E-state index contributed by atoms with van der Waals surface area (Å²) in [6, 6.07) is 14.0. The van der Waals surface area contributed by atoms with Gasteiger partial charge in [-0.25, -0.2) is 9.78 Å². The van der Waals surface area contributed by atoms with Gasteiger partial charge in [0, 0.05) is 16.1 Å². The Hall–Kier alpha value is -3.98. The maximum Gasteiger partial charge on any atom is 0.338 e. The average molecular weight is 492 g/mol. The van der Waals surface area contributed by atoms with Crippen LogP contribution in [-0.4, -0.2) is 34.6 Å². The molecule has 0 radical (unpaired) electrons. The van der Waals surface area contributed by atoms with Gasteiger partial charge in [0.2, 0.25) is 5.91 Å². The van der Waals surface area contributed by atoms with Crippen LogP contribution in [0.3, 0.4) is 0 Å². The molecule has 4 rings (SSSR count). The lowest BCUT2D eigenvalue weighted by molar-refractivity contribution is -0.116. The van der Waals surface area contributed by atoms with Gasteiger partial charge in [-0.3, -0.25) is 14.2 Å². The van der Waals surface area contributed by atoms with Crippen LogP contribution >= 0.6 is 11.3 Å². The van der Waals surface area contributed by atoms with Crippen LogP contribution in [0.25, 0.3) is 21.3 Å². The van der Waals surface area contributed by atoms with E-state index in [2.05, 4.69) is 10.3 Å². The zero-order chi connectivity index (χ0) is 24.9. The van der Waals surface area contributed by atoms with Crippen molar-refractivity contribution in [2.75, 3.05) is 18.5 Å². The van der Waals surface area contributed by atoms with Gasteiger partial charge in [-0.15, -0.1) is 11.3 Å². The van der Waals surface area contributed by atoms with Crippen LogP contribution in [0.2, 0.25) is 0 Å².